The molecule has 3 aromatic rings. The summed E-state index contributed by atoms with van der Waals surface area (Å²) in [4.78, 5) is 24.0. The van der Waals surface area contributed by atoms with Crippen molar-refractivity contribution >= 4 is 11.6 Å². The number of rotatable bonds is 6. The first-order valence-corrected chi connectivity index (χ1v) is 12.2. The molecular weight excluding hydrogens is 424 g/mol. The zero-order valence-corrected chi connectivity index (χ0v) is 19.6. The van der Waals surface area contributed by atoms with E-state index in [1.807, 2.05) is 23.2 Å². The van der Waals surface area contributed by atoms with Gasteiger partial charge in [-0.3, -0.25) is 14.7 Å². The van der Waals surface area contributed by atoms with Crippen molar-refractivity contribution < 1.29 is 9.53 Å². The van der Waals surface area contributed by atoms with Crippen LogP contribution in [-0.2, 0) is 24.3 Å². The largest absolute Gasteiger partial charge is 0.491 e. The number of benzene rings is 2. The van der Waals surface area contributed by atoms with E-state index in [9.17, 15) is 4.79 Å². The number of para-hydroxylation sites is 1. The quantitative estimate of drug-likeness (QED) is 0.565. The second kappa shape index (κ2) is 10.7. The first-order chi connectivity index (χ1) is 16.7. The molecule has 1 saturated heterocycles. The molecule has 2 aliphatic rings. The second-order valence-corrected chi connectivity index (χ2v) is 9.07. The summed E-state index contributed by atoms with van der Waals surface area (Å²) in [5.41, 5.74) is 4.78. The highest BCUT2D eigenvalue weighted by molar-refractivity contribution is 5.76. The van der Waals surface area contributed by atoms with Crippen LogP contribution in [0.3, 0.4) is 0 Å². The third-order valence-corrected chi connectivity index (χ3v) is 6.71. The van der Waals surface area contributed by atoms with Gasteiger partial charge in [0.25, 0.3) is 0 Å². The Labute approximate surface area is 201 Å². The number of piperazine rings is 1. The average Bonchev–Trinajstić information content (AvgIpc) is 3.11. The van der Waals surface area contributed by atoms with Gasteiger partial charge in [0.15, 0.2) is 0 Å². The van der Waals surface area contributed by atoms with Crippen molar-refractivity contribution in [3.8, 4) is 5.75 Å². The predicted molar refractivity (Wildman–Crippen MR) is 134 cm³/mol. The van der Waals surface area contributed by atoms with E-state index in [2.05, 4.69) is 63.3 Å². The molecule has 0 N–H and O–H groups in total. The van der Waals surface area contributed by atoms with Crippen LogP contribution >= 0.6 is 0 Å². The molecule has 0 unspecified atom stereocenters. The number of carbonyl (C=O) groups excluding carboxylic acids is 1. The Bertz CT molecular complexity index is 1080. The van der Waals surface area contributed by atoms with Crippen LogP contribution in [0, 0.1) is 0 Å². The van der Waals surface area contributed by atoms with Crippen molar-refractivity contribution in [2.24, 2.45) is 0 Å². The molecule has 3 heterocycles. The van der Waals surface area contributed by atoms with Crippen LogP contribution in [-0.4, -0.2) is 60.0 Å². The second-order valence-electron chi connectivity index (χ2n) is 9.07. The van der Waals surface area contributed by atoms with Crippen molar-refractivity contribution in [3.05, 3.63) is 89.7 Å². The van der Waals surface area contributed by atoms with E-state index in [0.29, 0.717) is 32.5 Å². The van der Waals surface area contributed by atoms with E-state index in [1.165, 1.54) is 11.3 Å². The number of hydrogen-bond acceptors (Lipinski definition) is 5. The molecule has 1 fully saturated rings. The first kappa shape index (κ1) is 22.4. The van der Waals surface area contributed by atoms with Gasteiger partial charge in [0.2, 0.25) is 5.91 Å². The highest BCUT2D eigenvalue weighted by Crippen LogP contribution is 2.26. The van der Waals surface area contributed by atoms with E-state index >= 15 is 0 Å². The van der Waals surface area contributed by atoms with Gasteiger partial charge in [-0.05, 0) is 47.9 Å². The molecule has 6 nitrogen and oxygen atoms in total. The van der Waals surface area contributed by atoms with Gasteiger partial charge in [-0.25, -0.2) is 0 Å². The van der Waals surface area contributed by atoms with Crippen molar-refractivity contribution in [1.29, 1.82) is 0 Å². The number of pyridine rings is 1. The Morgan fingerprint density at radius 3 is 2.56 bits per heavy atom. The molecule has 1 amide bonds. The number of ether oxygens (including phenoxy) is 1. The van der Waals surface area contributed by atoms with E-state index in [1.54, 1.807) is 6.20 Å². The number of hydrogen-bond donors (Lipinski definition) is 0. The van der Waals surface area contributed by atoms with Crippen LogP contribution in [0.4, 0.5) is 5.69 Å². The monoisotopic (exact) mass is 456 g/mol. The lowest BCUT2D eigenvalue weighted by molar-refractivity contribution is -0.131. The summed E-state index contributed by atoms with van der Waals surface area (Å²) in [5.74, 6) is 1.07. The molecule has 5 rings (SSSR count). The number of aryl methyl sites for hydroxylation is 1. The summed E-state index contributed by atoms with van der Waals surface area (Å²) >= 11 is 0. The van der Waals surface area contributed by atoms with Crippen molar-refractivity contribution in [1.82, 2.24) is 14.8 Å². The highest BCUT2D eigenvalue weighted by atomic mass is 16.5. The third kappa shape index (κ3) is 5.57. The van der Waals surface area contributed by atoms with Crippen molar-refractivity contribution in [2.45, 2.75) is 25.9 Å². The van der Waals surface area contributed by atoms with Gasteiger partial charge < -0.3 is 14.5 Å². The van der Waals surface area contributed by atoms with Crippen molar-refractivity contribution in [2.75, 3.05) is 44.2 Å². The standard InChI is InChI=1S/C28H32N4O2/c33-28(11-9-23-5-4-12-29-20-23)32-17-18-34-27-10-8-24(19-25(27)22-32)21-30-13-15-31(16-14-30)26-6-2-1-3-7-26/h1-8,10,12,19-20H,9,11,13-18,21-22H2. The summed E-state index contributed by atoms with van der Waals surface area (Å²) < 4.78 is 5.98. The molecule has 2 aromatic carbocycles. The van der Waals surface area contributed by atoms with E-state index in [0.717, 1.165) is 49.6 Å². The van der Waals surface area contributed by atoms with Crippen LogP contribution in [0.1, 0.15) is 23.1 Å². The fraction of sp³-hybridized carbons (Fsp3) is 0.357. The minimum atomic E-state index is 0.169. The molecule has 6 heteroatoms. The van der Waals surface area contributed by atoms with Crippen molar-refractivity contribution in [3.63, 3.8) is 0 Å². The molecule has 0 aliphatic carbocycles. The number of aromatic nitrogens is 1. The summed E-state index contributed by atoms with van der Waals surface area (Å²) in [6.07, 6.45) is 4.80. The van der Waals surface area contributed by atoms with Gasteiger partial charge in [-0.15, -0.1) is 0 Å². The van der Waals surface area contributed by atoms with Gasteiger partial charge in [-0.1, -0.05) is 30.3 Å². The number of fused-ring (bicyclic) bond motifs is 1. The minimum Gasteiger partial charge on any atom is -0.491 e. The molecule has 176 valence electrons. The lowest BCUT2D eigenvalue weighted by Crippen LogP contribution is -2.45. The van der Waals surface area contributed by atoms with Crippen LogP contribution in [0.15, 0.2) is 73.1 Å². The zero-order valence-electron chi connectivity index (χ0n) is 19.6. The normalized spacial score (nSPS) is 16.5. The van der Waals surface area contributed by atoms with Crippen LogP contribution in [0.25, 0.3) is 0 Å². The lowest BCUT2D eigenvalue weighted by Gasteiger charge is -2.36. The highest BCUT2D eigenvalue weighted by Gasteiger charge is 2.21. The topological polar surface area (TPSA) is 48.9 Å². The SMILES string of the molecule is O=C(CCc1cccnc1)N1CCOc2ccc(CN3CCN(c4ccccc4)CC3)cc2C1. The smallest absolute Gasteiger partial charge is 0.223 e. The summed E-state index contributed by atoms with van der Waals surface area (Å²) in [7, 11) is 0. The maximum Gasteiger partial charge on any atom is 0.223 e. The molecule has 0 atom stereocenters. The average molecular weight is 457 g/mol. The van der Waals surface area contributed by atoms with E-state index in [4.69, 9.17) is 4.74 Å². The first-order valence-electron chi connectivity index (χ1n) is 12.2. The molecule has 0 saturated carbocycles. The third-order valence-electron chi connectivity index (χ3n) is 6.71. The molecular formula is C28H32N4O2. The number of carbonyl (C=O) groups is 1. The summed E-state index contributed by atoms with van der Waals surface area (Å²) in [6, 6.07) is 21.1. The Hall–Kier alpha value is -3.38. The van der Waals surface area contributed by atoms with Gasteiger partial charge >= 0.3 is 0 Å². The fourth-order valence-corrected chi connectivity index (χ4v) is 4.78. The molecule has 0 radical (unpaired) electrons. The maximum atomic E-state index is 12.9. The van der Waals surface area contributed by atoms with Crippen LogP contribution in [0.5, 0.6) is 5.75 Å². The van der Waals surface area contributed by atoms with Gasteiger partial charge in [0.05, 0.1) is 6.54 Å². The van der Waals surface area contributed by atoms with E-state index in [-0.39, 0.29) is 5.91 Å². The zero-order chi connectivity index (χ0) is 23.2. The lowest BCUT2D eigenvalue weighted by atomic mass is 10.1. The van der Waals surface area contributed by atoms with Crippen LogP contribution in [0.2, 0.25) is 0 Å². The Morgan fingerprint density at radius 2 is 1.76 bits per heavy atom. The predicted octanol–water partition coefficient (Wildman–Crippen LogP) is 3.76. The molecule has 0 bridgehead atoms. The fourth-order valence-electron chi connectivity index (χ4n) is 4.78. The Balaban J connectivity index is 1.18. The van der Waals surface area contributed by atoms with Gasteiger partial charge in [0.1, 0.15) is 12.4 Å². The minimum absolute atomic E-state index is 0.169. The van der Waals surface area contributed by atoms with Crippen LogP contribution < -0.4 is 9.64 Å². The van der Waals surface area contributed by atoms with E-state index < -0.39 is 0 Å². The molecule has 0 spiro atoms. The summed E-state index contributed by atoms with van der Waals surface area (Å²) in [6.45, 7) is 6.85. The Morgan fingerprint density at radius 1 is 0.912 bits per heavy atom. The van der Waals surface area contributed by atoms with Gasteiger partial charge in [-0.2, -0.15) is 0 Å². The number of nitrogens with zero attached hydrogens (tertiary/aromatic N) is 4. The molecule has 34 heavy (non-hydrogen) atoms. The number of amides is 1. The molecule has 2 aliphatic heterocycles. The Kier molecular flexibility index (Phi) is 7.05. The van der Waals surface area contributed by atoms with Gasteiger partial charge in [0, 0.05) is 69.3 Å². The number of anilines is 1. The summed E-state index contributed by atoms with van der Waals surface area (Å²) in [5, 5.41) is 0. The maximum absolute atomic E-state index is 12.9. The molecule has 1 aromatic heterocycles.